The molecule has 0 bridgehead atoms. The lowest BCUT2D eigenvalue weighted by Crippen LogP contribution is -2.35. The molecule has 1 aliphatic heterocycles. The van der Waals surface area contributed by atoms with Crippen LogP contribution in [-0.4, -0.2) is 35.6 Å². The van der Waals surface area contributed by atoms with Gasteiger partial charge in [0.15, 0.2) is 0 Å². The summed E-state index contributed by atoms with van der Waals surface area (Å²) in [7, 11) is 0. The Morgan fingerprint density at radius 1 is 1.40 bits per heavy atom. The van der Waals surface area contributed by atoms with E-state index in [1.54, 1.807) is 0 Å². The van der Waals surface area contributed by atoms with Gasteiger partial charge >= 0.3 is 5.97 Å². The van der Waals surface area contributed by atoms with Crippen LogP contribution in [0.1, 0.15) is 30.9 Å². The molecule has 0 aromatic heterocycles. The van der Waals surface area contributed by atoms with E-state index in [1.165, 1.54) is 16.7 Å². The predicted octanol–water partition coefficient (Wildman–Crippen LogP) is 3.58. The third-order valence-electron chi connectivity index (χ3n) is 3.73. The maximum Gasteiger partial charge on any atom is 0.317 e. The first-order valence-corrected chi connectivity index (χ1v) is 7.80. The van der Waals surface area contributed by atoms with Crippen molar-refractivity contribution in [3.63, 3.8) is 0 Å². The lowest BCUT2D eigenvalue weighted by atomic mass is 9.97. The highest BCUT2D eigenvalue weighted by Gasteiger charge is 2.16. The summed E-state index contributed by atoms with van der Waals surface area (Å²) in [5.41, 5.74) is 4.04. The van der Waals surface area contributed by atoms with Crippen LogP contribution in [-0.2, 0) is 11.2 Å². The Hall–Kier alpha value is -1.13. The highest BCUT2D eigenvalue weighted by atomic mass is 79.9. The van der Waals surface area contributed by atoms with Crippen molar-refractivity contribution in [2.24, 2.45) is 0 Å². The minimum absolute atomic E-state index is 0.157. The van der Waals surface area contributed by atoms with Gasteiger partial charge in [0.2, 0.25) is 0 Å². The SMILES string of the molecule is CCc1c(Br)cccc1C=C1CCN(CC(=O)O)CC1. The Balaban J connectivity index is 2.07. The summed E-state index contributed by atoms with van der Waals surface area (Å²) < 4.78 is 1.16. The van der Waals surface area contributed by atoms with E-state index in [2.05, 4.69) is 47.1 Å². The molecule has 1 aromatic carbocycles. The van der Waals surface area contributed by atoms with Crippen LogP contribution in [0.4, 0.5) is 0 Å². The van der Waals surface area contributed by atoms with Gasteiger partial charge in [-0.2, -0.15) is 0 Å². The quantitative estimate of drug-likeness (QED) is 0.912. The third-order valence-corrected chi connectivity index (χ3v) is 4.47. The molecule has 1 N–H and O–H groups in total. The second-order valence-electron chi connectivity index (χ2n) is 5.13. The van der Waals surface area contributed by atoms with Gasteiger partial charge in [-0.3, -0.25) is 9.69 Å². The molecule has 0 aliphatic carbocycles. The molecule has 2 rings (SSSR count). The Morgan fingerprint density at radius 2 is 2.10 bits per heavy atom. The number of rotatable bonds is 4. The number of hydrogen-bond acceptors (Lipinski definition) is 2. The van der Waals surface area contributed by atoms with E-state index in [0.717, 1.165) is 36.8 Å². The number of carboxylic acids is 1. The average molecular weight is 338 g/mol. The van der Waals surface area contributed by atoms with Crippen molar-refractivity contribution in [3.8, 4) is 0 Å². The van der Waals surface area contributed by atoms with Crippen molar-refractivity contribution in [2.75, 3.05) is 19.6 Å². The molecule has 1 heterocycles. The number of carboxylic acid groups (broad SMARTS) is 1. The first kappa shape index (κ1) is 15.3. The van der Waals surface area contributed by atoms with Crippen LogP contribution >= 0.6 is 15.9 Å². The summed E-state index contributed by atoms with van der Waals surface area (Å²) in [5, 5.41) is 8.80. The maximum absolute atomic E-state index is 10.7. The van der Waals surface area contributed by atoms with E-state index in [9.17, 15) is 4.79 Å². The summed E-state index contributed by atoms with van der Waals surface area (Å²) in [6.07, 6.45) is 5.21. The van der Waals surface area contributed by atoms with E-state index in [0.29, 0.717) is 0 Å². The van der Waals surface area contributed by atoms with Gasteiger partial charge in [-0.25, -0.2) is 0 Å². The molecule has 0 radical (unpaired) electrons. The van der Waals surface area contributed by atoms with Crippen molar-refractivity contribution in [1.29, 1.82) is 0 Å². The van der Waals surface area contributed by atoms with Gasteiger partial charge in [0.25, 0.3) is 0 Å². The third kappa shape index (κ3) is 3.93. The summed E-state index contributed by atoms with van der Waals surface area (Å²) in [4.78, 5) is 12.7. The molecule has 20 heavy (non-hydrogen) atoms. The number of halogens is 1. The number of likely N-dealkylation sites (tertiary alicyclic amines) is 1. The lowest BCUT2D eigenvalue weighted by Gasteiger charge is -2.26. The van der Waals surface area contributed by atoms with Crippen LogP contribution in [0.25, 0.3) is 6.08 Å². The minimum Gasteiger partial charge on any atom is -0.480 e. The van der Waals surface area contributed by atoms with E-state index in [1.807, 2.05) is 4.90 Å². The fourth-order valence-corrected chi connectivity index (χ4v) is 3.30. The van der Waals surface area contributed by atoms with Gasteiger partial charge < -0.3 is 5.11 Å². The first-order chi connectivity index (χ1) is 9.60. The van der Waals surface area contributed by atoms with Crippen LogP contribution < -0.4 is 0 Å². The number of benzene rings is 1. The van der Waals surface area contributed by atoms with Crippen LogP contribution in [0.3, 0.4) is 0 Å². The van der Waals surface area contributed by atoms with Gasteiger partial charge in [0.1, 0.15) is 0 Å². The van der Waals surface area contributed by atoms with Gasteiger partial charge in [-0.1, -0.05) is 46.6 Å². The molecule has 1 aromatic rings. The largest absolute Gasteiger partial charge is 0.480 e. The fraction of sp³-hybridized carbons (Fsp3) is 0.438. The Morgan fingerprint density at radius 3 is 2.70 bits per heavy atom. The molecule has 0 amide bonds. The zero-order valence-electron chi connectivity index (χ0n) is 11.7. The van der Waals surface area contributed by atoms with Crippen molar-refractivity contribution in [2.45, 2.75) is 26.2 Å². The van der Waals surface area contributed by atoms with E-state index < -0.39 is 5.97 Å². The number of hydrogen-bond donors (Lipinski definition) is 1. The zero-order chi connectivity index (χ0) is 14.5. The van der Waals surface area contributed by atoms with Crippen molar-refractivity contribution in [3.05, 3.63) is 39.4 Å². The fourth-order valence-electron chi connectivity index (χ4n) is 2.64. The van der Waals surface area contributed by atoms with Crippen molar-refractivity contribution >= 4 is 28.0 Å². The average Bonchev–Trinajstić information content (AvgIpc) is 2.41. The van der Waals surface area contributed by atoms with Gasteiger partial charge in [0.05, 0.1) is 6.54 Å². The highest BCUT2D eigenvalue weighted by molar-refractivity contribution is 9.10. The van der Waals surface area contributed by atoms with E-state index >= 15 is 0 Å². The molecule has 4 heteroatoms. The van der Waals surface area contributed by atoms with E-state index in [-0.39, 0.29) is 6.54 Å². The Bertz CT molecular complexity index is 515. The standard InChI is InChI=1S/C16H20BrNO2/c1-2-14-13(4-3-5-15(14)17)10-12-6-8-18(9-7-12)11-16(19)20/h3-5,10H,2,6-9,11H2,1H3,(H,19,20). The Kier molecular flexibility index (Phi) is 5.38. The van der Waals surface area contributed by atoms with Gasteiger partial charge in [-0.15, -0.1) is 0 Å². The normalized spacial score (nSPS) is 16.2. The maximum atomic E-state index is 10.7. The minimum atomic E-state index is -0.738. The molecule has 1 saturated heterocycles. The molecule has 3 nitrogen and oxygen atoms in total. The van der Waals surface area contributed by atoms with Gasteiger partial charge in [0, 0.05) is 17.6 Å². The second-order valence-corrected chi connectivity index (χ2v) is 5.99. The molecular weight excluding hydrogens is 318 g/mol. The summed E-state index contributed by atoms with van der Waals surface area (Å²) in [5.74, 6) is -0.738. The highest BCUT2D eigenvalue weighted by Crippen LogP contribution is 2.26. The first-order valence-electron chi connectivity index (χ1n) is 7.01. The Labute approximate surface area is 128 Å². The topological polar surface area (TPSA) is 40.5 Å². The zero-order valence-corrected chi connectivity index (χ0v) is 13.3. The number of aliphatic carboxylic acids is 1. The van der Waals surface area contributed by atoms with Crippen molar-refractivity contribution < 1.29 is 9.90 Å². The molecule has 0 unspecified atom stereocenters. The molecule has 0 spiro atoms. The smallest absolute Gasteiger partial charge is 0.317 e. The van der Waals surface area contributed by atoms with Crippen LogP contribution in [0.5, 0.6) is 0 Å². The molecule has 0 atom stereocenters. The van der Waals surface area contributed by atoms with Crippen LogP contribution in [0, 0.1) is 0 Å². The lowest BCUT2D eigenvalue weighted by molar-refractivity contribution is -0.138. The summed E-state index contributed by atoms with van der Waals surface area (Å²) in [6.45, 7) is 4.00. The van der Waals surface area contributed by atoms with Gasteiger partial charge in [-0.05, 0) is 36.5 Å². The van der Waals surface area contributed by atoms with E-state index in [4.69, 9.17) is 5.11 Å². The molecule has 1 aliphatic rings. The monoisotopic (exact) mass is 337 g/mol. The molecule has 108 valence electrons. The molecular formula is C16H20BrNO2. The summed E-state index contributed by atoms with van der Waals surface area (Å²) in [6, 6.07) is 6.30. The number of piperidine rings is 1. The predicted molar refractivity (Wildman–Crippen MR) is 84.8 cm³/mol. The molecule has 0 saturated carbocycles. The van der Waals surface area contributed by atoms with Crippen molar-refractivity contribution in [1.82, 2.24) is 4.90 Å². The summed E-state index contributed by atoms with van der Waals surface area (Å²) >= 11 is 3.61. The number of carbonyl (C=O) groups is 1. The van der Waals surface area contributed by atoms with Crippen LogP contribution in [0.2, 0.25) is 0 Å². The second kappa shape index (κ2) is 7.04. The van der Waals surface area contributed by atoms with Crippen LogP contribution in [0.15, 0.2) is 28.2 Å². The molecule has 1 fully saturated rings. The number of nitrogens with zero attached hydrogens (tertiary/aromatic N) is 1.